The van der Waals surface area contributed by atoms with Crippen LogP contribution in [-0.4, -0.2) is 58.2 Å². The molecule has 2 aliphatic rings. The number of halogens is 3. The van der Waals surface area contributed by atoms with Gasteiger partial charge in [-0.1, -0.05) is 6.92 Å². The maximum absolute atomic E-state index is 13.1. The van der Waals surface area contributed by atoms with Crippen molar-refractivity contribution in [3.05, 3.63) is 64.7 Å². The highest BCUT2D eigenvalue weighted by Crippen LogP contribution is 2.41. The van der Waals surface area contributed by atoms with Crippen LogP contribution >= 0.6 is 0 Å². The van der Waals surface area contributed by atoms with Crippen molar-refractivity contribution in [1.82, 2.24) is 19.2 Å². The molecule has 0 unspecified atom stereocenters. The zero-order valence-electron chi connectivity index (χ0n) is 21.8. The fourth-order valence-electron chi connectivity index (χ4n) is 5.54. The number of aromatic nitrogens is 3. The largest absolute Gasteiger partial charge is 0.490 e. The number of nitrogens with zero attached hydrogens (tertiary/aromatic N) is 4. The van der Waals surface area contributed by atoms with Crippen molar-refractivity contribution in [1.29, 1.82) is 0 Å². The summed E-state index contributed by atoms with van der Waals surface area (Å²) in [5.74, 6) is 0.0514. The van der Waals surface area contributed by atoms with Crippen LogP contribution in [0.15, 0.2) is 58.4 Å². The van der Waals surface area contributed by atoms with Crippen molar-refractivity contribution in [2.24, 2.45) is 13.0 Å². The van der Waals surface area contributed by atoms with E-state index < -0.39 is 33.7 Å². The smallest absolute Gasteiger partial charge is 0.433 e. The Morgan fingerprint density at radius 1 is 1.07 bits per heavy atom. The number of rotatable bonds is 5. The molecule has 2 fully saturated rings. The van der Waals surface area contributed by atoms with Gasteiger partial charge >= 0.3 is 12.3 Å². The first-order valence-corrected chi connectivity index (χ1v) is 14.4. The number of piperidine rings is 1. The minimum Gasteiger partial charge on any atom is -0.490 e. The number of pyridine rings is 1. The quantitative estimate of drug-likeness (QED) is 0.451. The highest BCUT2D eigenvalue weighted by atomic mass is 32.2. The highest BCUT2D eigenvalue weighted by Gasteiger charge is 2.49. The van der Waals surface area contributed by atoms with Gasteiger partial charge in [0.2, 0.25) is 5.88 Å². The summed E-state index contributed by atoms with van der Waals surface area (Å²) in [6, 6.07) is 9.12. The topological polar surface area (TPSA) is 113 Å². The van der Waals surface area contributed by atoms with Gasteiger partial charge in [0.15, 0.2) is 9.84 Å². The van der Waals surface area contributed by atoms with Gasteiger partial charge in [-0.25, -0.2) is 13.2 Å². The first kappa shape index (κ1) is 27.7. The Labute approximate surface area is 227 Å². The van der Waals surface area contributed by atoms with Crippen molar-refractivity contribution in [2.45, 2.75) is 55.4 Å². The molecule has 5 rings (SSSR count). The summed E-state index contributed by atoms with van der Waals surface area (Å²) < 4.78 is 75.9. The van der Waals surface area contributed by atoms with E-state index in [0.29, 0.717) is 41.4 Å². The van der Waals surface area contributed by atoms with Gasteiger partial charge in [-0.3, -0.25) is 14.0 Å². The van der Waals surface area contributed by atoms with Gasteiger partial charge in [-0.05, 0) is 42.7 Å². The molecule has 0 N–H and O–H groups in total. The minimum absolute atomic E-state index is 0.114. The molecule has 214 valence electrons. The van der Waals surface area contributed by atoms with Gasteiger partial charge in [0.1, 0.15) is 17.5 Å². The van der Waals surface area contributed by atoms with Gasteiger partial charge in [0.05, 0.1) is 4.90 Å². The van der Waals surface area contributed by atoms with Crippen LogP contribution < -0.4 is 15.0 Å². The average molecular weight is 581 g/mol. The predicted octanol–water partition coefficient (Wildman–Crippen LogP) is 3.81. The van der Waals surface area contributed by atoms with Gasteiger partial charge in [-0.2, -0.15) is 13.2 Å². The number of hydrogen-bond donors (Lipinski definition) is 0. The third-order valence-corrected chi connectivity index (χ3v) is 8.51. The maximum Gasteiger partial charge on any atom is 0.433 e. The summed E-state index contributed by atoms with van der Waals surface area (Å²) in [6.07, 6.45) is -1.43. The number of benzene rings is 1. The Hall–Kier alpha value is -3.81. The standard InChI is InChI=1S/C26H27F3N4O6S/c1-15-10-17-11-19(12-21(15)33(17)25(35)39-23-14-22(26(27,28)29)31(2)30-23)38-18-8-9-32(24(34)13-18)16-4-6-20(7-5-16)40(3,36)37/h4-9,13-15,17,19,21H,10-12H2,1-3H3/t15-,17-,19+,21+/m1/s1. The number of ether oxygens (including phenoxy) is 2. The molecule has 2 aromatic heterocycles. The van der Waals surface area contributed by atoms with E-state index in [2.05, 4.69) is 5.10 Å². The van der Waals surface area contributed by atoms with E-state index in [0.717, 1.165) is 13.3 Å². The highest BCUT2D eigenvalue weighted by molar-refractivity contribution is 7.90. The summed E-state index contributed by atoms with van der Waals surface area (Å²) in [5.41, 5.74) is -0.889. The van der Waals surface area contributed by atoms with Gasteiger partial charge < -0.3 is 14.4 Å². The number of carbonyl (C=O) groups is 1. The van der Waals surface area contributed by atoms with Crippen LogP contribution in [-0.2, 0) is 23.1 Å². The van der Waals surface area contributed by atoms with Crippen molar-refractivity contribution in [3.8, 4) is 17.3 Å². The van der Waals surface area contributed by atoms with Crippen LogP contribution in [0.1, 0.15) is 31.9 Å². The summed E-state index contributed by atoms with van der Waals surface area (Å²) in [6.45, 7) is 1.99. The van der Waals surface area contributed by atoms with E-state index in [1.165, 1.54) is 22.8 Å². The van der Waals surface area contributed by atoms with Crippen LogP contribution in [0.4, 0.5) is 18.0 Å². The van der Waals surface area contributed by atoms with Crippen LogP contribution in [0.25, 0.3) is 5.69 Å². The lowest BCUT2D eigenvalue weighted by atomic mass is 9.97. The number of fused-ring (bicyclic) bond motifs is 2. The first-order valence-electron chi connectivity index (χ1n) is 12.5. The molecule has 10 nitrogen and oxygen atoms in total. The fourth-order valence-corrected chi connectivity index (χ4v) is 6.17. The van der Waals surface area contributed by atoms with E-state index in [9.17, 15) is 31.2 Å². The second-order valence-electron chi connectivity index (χ2n) is 10.2. The summed E-state index contributed by atoms with van der Waals surface area (Å²) in [4.78, 5) is 27.4. The number of aryl methyl sites for hydroxylation is 1. The third kappa shape index (κ3) is 5.44. The fraction of sp³-hybridized carbons (Fsp3) is 0.423. The van der Waals surface area contributed by atoms with Crippen molar-refractivity contribution < 1.29 is 35.9 Å². The number of sulfone groups is 1. The monoisotopic (exact) mass is 580 g/mol. The lowest BCUT2D eigenvalue weighted by Crippen LogP contribution is -2.51. The maximum atomic E-state index is 13.1. The minimum atomic E-state index is -4.63. The Bertz CT molecular complexity index is 1600. The molecule has 0 aliphatic carbocycles. The predicted molar refractivity (Wildman–Crippen MR) is 136 cm³/mol. The van der Waals surface area contributed by atoms with Gasteiger partial charge in [0, 0.05) is 62.2 Å². The molecule has 2 aliphatic heterocycles. The normalized spacial score (nSPS) is 22.8. The van der Waals surface area contributed by atoms with E-state index >= 15 is 0 Å². The van der Waals surface area contributed by atoms with Crippen LogP contribution in [0.3, 0.4) is 0 Å². The van der Waals surface area contributed by atoms with Gasteiger partial charge in [0.25, 0.3) is 5.56 Å². The zero-order valence-corrected chi connectivity index (χ0v) is 22.6. The Kier molecular flexibility index (Phi) is 6.92. The molecule has 0 radical (unpaired) electrons. The second kappa shape index (κ2) is 9.98. The summed E-state index contributed by atoms with van der Waals surface area (Å²) >= 11 is 0. The molecular weight excluding hydrogens is 553 g/mol. The van der Waals surface area contributed by atoms with Gasteiger partial charge in [-0.15, -0.1) is 5.10 Å². The summed E-state index contributed by atoms with van der Waals surface area (Å²) in [7, 11) is -2.23. The molecule has 40 heavy (non-hydrogen) atoms. The lowest BCUT2D eigenvalue weighted by Gasteiger charge is -2.38. The van der Waals surface area contributed by atoms with Crippen LogP contribution in [0.5, 0.6) is 11.6 Å². The van der Waals surface area contributed by atoms with Crippen molar-refractivity contribution in [2.75, 3.05) is 6.26 Å². The van der Waals surface area contributed by atoms with Crippen molar-refractivity contribution >= 4 is 15.9 Å². The molecule has 0 saturated carbocycles. The lowest BCUT2D eigenvalue weighted by molar-refractivity contribution is -0.143. The Morgan fingerprint density at radius 3 is 2.35 bits per heavy atom. The molecule has 2 bridgehead atoms. The molecular formula is C26H27F3N4O6S. The molecule has 14 heteroatoms. The molecule has 3 aromatic rings. The average Bonchev–Trinajstić information content (AvgIpc) is 3.32. The SMILES string of the molecule is C[C@@H]1C[C@@H]2C[C@H](Oc3ccn(-c4ccc(S(C)(=O)=O)cc4)c(=O)c3)C[C@@H]1N2C(=O)Oc1cc(C(F)(F)F)n(C)n1. The Morgan fingerprint density at radius 2 is 1.77 bits per heavy atom. The van der Waals surface area contributed by atoms with E-state index in [1.807, 2.05) is 6.92 Å². The van der Waals surface area contributed by atoms with E-state index in [4.69, 9.17) is 9.47 Å². The number of alkyl halides is 3. The Balaban J connectivity index is 1.26. The van der Waals surface area contributed by atoms with Crippen LogP contribution in [0, 0.1) is 5.92 Å². The third-order valence-electron chi connectivity index (χ3n) is 7.38. The molecule has 1 aromatic carbocycles. The van der Waals surface area contributed by atoms with E-state index in [1.54, 1.807) is 29.3 Å². The number of amides is 1. The molecule has 4 heterocycles. The van der Waals surface area contributed by atoms with Crippen molar-refractivity contribution in [3.63, 3.8) is 0 Å². The summed E-state index contributed by atoms with van der Waals surface area (Å²) in [5, 5.41) is 3.67. The second-order valence-corrected chi connectivity index (χ2v) is 12.3. The van der Waals surface area contributed by atoms with E-state index in [-0.39, 0.29) is 34.6 Å². The zero-order chi connectivity index (χ0) is 29.0. The number of carbonyl (C=O) groups excluding carboxylic acids is 1. The first-order chi connectivity index (χ1) is 18.7. The molecule has 0 spiro atoms. The van der Waals surface area contributed by atoms with Crippen LogP contribution in [0.2, 0.25) is 0 Å². The molecule has 2 saturated heterocycles. The molecule has 1 amide bonds. The molecule has 4 atom stereocenters. The number of hydrogen-bond acceptors (Lipinski definition) is 7.